The van der Waals surface area contributed by atoms with Gasteiger partial charge in [0.1, 0.15) is 0 Å². The third kappa shape index (κ3) is 1.68. The Balaban J connectivity index is 2.16. The lowest BCUT2D eigenvalue weighted by Crippen LogP contribution is -2.29. The first-order chi connectivity index (χ1) is 8.38. The van der Waals surface area contributed by atoms with Crippen molar-refractivity contribution < 1.29 is 9.59 Å². The topological polar surface area (TPSA) is 34.1 Å². The van der Waals surface area contributed by atoms with Gasteiger partial charge in [0.15, 0.2) is 11.6 Å². The molecule has 18 heavy (non-hydrogen) atoms. The van der Waals surface area contributed by atoms with Crippen LogP contribution in [0.1, 0.15) is 25.7 Å². The standard InChI is InChI=1S/C15H20O2Si/c1-18(2,3)15-13(17)7-10-6-9-4-5-11(16)8-12(9)14(10)15/h8-10H,4-7H2,1-3H3/t9-,10+/m0/s1. The maximum atomic E-state index is 12.3. The minimum atomic E-state index is -1.59. The molecule has 1 saturated carbocycles. The Morgan fingerprint density at radius 1 is 1.17 bits per heavy atom. The van der Waals surface area contributed by atoms with Gasteiger partial charge in [0.05, 0.1) is 8.07 Å². The van der Waals surface area contributed by atoms with Crippen molar-refractivity contribution in [3.05, 3.63) is 22.4 Å². The molecule has 0 amide bonds. The second-order valence-electron chi connectivity index (χ2n) is 6.90. The van der Waals surface area contributed by atoms with Crippen LogP contribution in [0.4, 0.5) is 0 Å². The lowest BCUT2D eigenvalue weighted by molar-refractivity contribution is -0.116. The summed E-state index contributed by atoms with van der Waals surface area (Å²) in [7, 11) is -1.59. The third-order valence-electron chi connectivity index (χ3n) is 4.51. The Kier molecular flexibility index (Phi) is 2.53. The molecular weight excluding hydrogens is 240 g/mol. The highest BCUT2D eigenvalue weighted by molar-refractivity contribution is 6.87. The minimum Gasteiger partial charge on any atom is -0.295 e. The molecule has 3 rings (SSSR count). The number of rotatable bonds is 1. The zero-order valence-corrected chi connectivity index (χ0v) is 12.4. The highest BCUT2D eigenvalue weighted by atomic mass is 28.3. The minimum absolute atomic E-state index is 0.253. The molecule has 3 aliphatic rings. The molecule has 0 aromatic carbocycles. The lowest BCUT2D eigenvalue weighted by Gasteiger charge is -2.22. The number of hydrogen-bond donors (Lipinski definition) is 0. The molecule has 0 N–H and O–H groups in total. The van der Waals surface area contributed by atoms with E-state index in [1.165, 1.54) is 11.1 Å². The number of allylic oxidation sites excluding steroid dienone is 4. The molecule has 2 atom stereocenters. The molecule has 0 spiro atoms. The van der Waals surface area contributed by atoms with Crippen molar-refractivity contribution in [2.24, 2.45) is 11.8 Å². The first kappa shape index (κ1) is 12.1. The van der Waals surface area contributed by atoms with Crippen molar-refractivity contribution in [1.29, 1.82) is 0 Å². The van der Waals surface area contributed by atoms with E-state index < -0.39 is 8.07 Å². The largest absolute Gasteiger partial charge is 0.295 e. The van der Waals surface area contributed by atoms with E-state index >= 15 is 0 Å². The van der Waals surface area contributed by atoms with E-state index in [-0.39, 0.29) is 5.78 Å². The molecule has 96 valence electrons. The summed E-state index contributed by atoms with van der Waals surface area (Å²) in [5.41, 5.74) is 2.54. The normalized spacial score (nSPS) is 31.6. The van der Waals surface area contributed by atoms with Gasteiger partial charge in [-0.05, 0) is 47.1 Å². The van der Waals surface area contributed by atoms with Gasteiger partial charge in [0, 0.05) is 12.8 Å². The summed E-state index contributed by atoms with van der Waals surface area (Å²) in [6, 6.07) is 0. The summed E-state index contributed by atoms with van der Waals surface area (Å²) in [6.45, 7) is 6.73. The molecule has 2 nitrogen and oxygen atoms in total. The third-order valence-corrected chi connectivity index (χ3v) is 6.56. The Morgan fingerprint density at radius 2 is 1.89 bits per heavy atom. The van der Waals surface area contributed by atoms with E-state index in [1.54, 1.807) is 0 Å². The molecule has 0 unspecified atom stereocenters. The van der Waals surface area contributed by atoms with Crippen LogP contribution in [-0.4, -0.2) is 19.6 Å². The molecule has 3 heteroatoms. The van der Waals surface area contributed by atoms with Gasteiger partial charge in [-0.15, -0.1) is 0 Å². The number of Topliss-reactive ketones (excluding diaryl/α,β-unsaturated/α-hetero) is 1. The zero-order valence-electron chi connectivity index (χ0n) is 11.4. The number of hydrogen-bond acceptors (Lipinski definition) is 2. The van der Waals surface area contributed by atoms with Gasteiger partial charge in [-0.25, -0.2) is 0 Å². The average molecular weight is 260 g/mol. The summed E-state index contributed by atoms with van der Waals surface area (Å²) in [5, 5.41) is 1.14. The van der Waals surface area contributed by atoms with E-state index in [0.717, 1.165) is 18.0 Å². The smallest absolute Gasteiger partial charge is 0.156 e. The fraction of sp³-hybridized carbons (Fsp3) is 0.600. The lowest BCUT2D eigenvalue weighted by atomic mass is 9.88. The first-order valence-corrected chi connectivity index (χ1v) is 10.4. The highest BCUT2D eigenvalue weighted by Crippen LogP contribution is 2.52. The van der Waals surface area contributed by atoms with Crippen LogP contribution in [0.2, 0.25) is 19.6 Å². The van der Waals surface area contributed by atoms with E-state index in [4.69, 9.17) is 0 Å². The first-order valence-electron chi connectivity index (χ1n) is 6.90. The van der Waals surface area contributed by atoms with Gasteiger partial charge < -0.3 is 0 Å². The second kappa shape index (κ2) is 3.76. The fourth-order valence-electron chi connectivity index (χ4n) is 3.91. The molecule has 0 bridgehead atoms. The summed E-state index contributed by atoms with van der Waals surface area (Å²) >= 11 is 0. The van der Waals surface area contributed by atoms with Crippen molar-refractivity contribution in [3.8, 4) is 0 Å². The van der Waals surface area contributed by atoms with E-state index in [1.807, 2.05) is 6.08 Å². The summed E-state index contributed by atoms with van der Waals surface area (Å²) in [5.74, 6) is 1.61. The summed E-state index contributed by atoms with van der Waals surface area (Å²) in [6.07, 6.45) is 5.36. The van der Waals surface area contributed by atoms with Crippen molar-refractivity contribution in [2.45, 2.75) is 45.3 Å². The molecule has 0 saturated heterocycles. The Bertz CT molecular complexity index is 505. The maximum absolute atomic E-state index is 12.3. The highest BCUT2D eigenvalue weighted by Gasteiger charge is 2.46. The number of ketones is 2. The van der Waals surface area contributed by atoms with Crippen LogP contribution >= 0.6 is 0 Å². The molecule has 0 radical (unpaired) electrons. The van der Waals surface area contributed by atoms with Crippen molar-refractivity contribution in [1.82, 2.24) is 0 Å². The van der Waals surface area contributed by atoms with Crippen LogP contribution < -0.4 is 0 Å². The Hall–Kier alpha value is -0.963. The van der Waals surface area contributed by atoms with Gasteiger partial charge in [0.25, 0.3) is 0 Å². The van der Waals surface area contributed by atoms with E-state index in [0.29, 0.717) is 30.5 Å². The fourth-order valence-corrected chi connectivity index (χ4v) is 6.00. The van der Waals surface area contributed by atoms with Crippen LogP contribution in [-0.2, 0) is 9.59 Å². The molecule has 0 aromatic rings. The summed E-state index contributed by atoms with van der Waals surface area (Å²) < 4.78 is 0. The van der Waals surface area contributed by atoms with Crippen LogP contribution in [0.5, 0.6) is 0 Å². The van der Waals surface area contributed by atoms with Gasteiger partial charge in [-0.3, -0.25) is 9.59 Å². The van der Waals surface area contributed by atoms with Crippen LogP contribution in [0.25, 0.3) is 0 Å². The van der Waals surface area contributed by atoms with Gasteiger partial charge in [-0.1, -0.05) is 19.6 Å². The zero-order chi connectivity index (χ0) is 13.1. The quantitative estimate of drug-likeness (QED) is 0.679. The monoisotopic (exact) mass is 260 g/mol. The molecule has 1 fully saturated rings. The number of carbonyl (C=O) groups excluding carboxylic acids is 2. The Morgan fingerprint density at radius 3 is 2.56 bits per heavy atom. The van der Waals surface area contributed by atoms with Crippen molar-refractivity contribution in [2.75, 3.05) is 0 Å². The van der Waals surface area contributed by atoms with Crippen LogP contribution in [0.15, 0.2) is 22.4 Å². The number of fused-ring (bicyclic) bond motifs is 3. The number of carbonyl (C=O) groups is 2. The van der Waals surface area contributed by atoms with Gasteiger partial charge >= 0.3 is 0 Å². The average Bonchev–Trinajstić information content (AvgIpc) is 2.71. The molecule has 0 heterocycles. The Labute approximate surface area is 109 Å². The van der Waals surface area contributed by atoms with E-state index in [9.17, 15) is 9.59 Å². The maximum Gasteiger partial charge on any atom is 0.156 e. The van der Waals surface area contributed by atoms with Crippen molar-refractivity contribution >= 4 is 19.6 Å². The second-order valence-corrected chi connectivity index (χ2v) is 11.9. The van der Waals surface area contributed by atoms with Crippen LogP contribution in [0, 0.1) is 11.8 Å². The molecular formula is C15H20O2Si. The SMILES string of the molecule is C[Si](C)(C)C1=C2C3=CC(=O)CC[C@H]3C[C@@H]2CC1=O. The van der Waals surface area contributed by atoms with Gasteiger partial charge in [0.2, 0.25) is 0 Å². The molecule has 3 aliphatic carbocycles. The van der Waals surface area contributed by atoms with E-state index in [2.05, 4.69) is 19.6 Å². The summed E-state index contributed by atoms with van der Waals surface area (Å²) in [4.78, 5) is 23.9. The predicted octanol–water partition coefficient (Wildman–Crippen LogP) is 3.06. The van der Waals surface area contributed by atoms with Crippen LogP contribution in [0.3, 0.4) is 0 Å². The van der Waals surface area contributed by atoms with Crippen molar-refractivity contribution in [3.63, 3.8) is 0 Å². The molecule has 0 aliphatic heterocycles. The molecule has 0 aromatic heterocycles. The van der Waals surface area contributed by atoms with Gasteiger partial charge in [-0.2, -0.15) is 0 Å². The predicted molar refractivity (Wildman–Crippen MR) is 73.9 cm³/mol.